The Morgan fingerprint density at radius 1 is 1.46 bits per heavy atom. The van der Waals surface area contributed by atoms with Gasteiger partial charge in [-0.3, -0.25) is 0 Å². The minimum atomic E-state index is -0.185. The first-order chi connectivity index (χ1) is 5.90. The van der Waals surface area contributed by atoms with Gasteiger partial charge < -0.3 is 0 Å². The Labute approximate surface area is 82.5 Å². The Morgan fingerprint density at radius 3 is 2.38 bits per heavy atom. The quantitative estimate of drug-likeness (QED) is 0.600. The summed E-state index contributed by atoms with van der Waals surface area (Å²) in [6.45, 7) is 10.4. The molecule has 0 rings (SSSR count). The molecule has 1 atom stereocenters. The highest BCUT2D eigenvalue weighted by Crippen LogP contribution is 2.29. The maximum atomic E-state index is 8.91. The summed E-state index contributed by atoms with van der Waals surface area (Å²) in [6, 6.07) is 2.36. The topological polar surface area (TPSA) is 23.8 Å². The normalized spacial score (nSPS) is 13.2. The first-order valence-corrected chi connectivity index (χ1v) is 4.94. The summed E-state index contributed by atoms with van der Waals surface area (Å²) in [6.07, 6.45) is 4.43. The van der Waals surface area contributed by atoms with Crippen molar-refractivity contribution in [1.29, 1.82) is 5.26 Å². The van der Waals surface area contributed by atoms with E-state index in [1.54, 1.807) is 0 Å². The highest BCUT2D eigenvalue weighted by Gasteiger charge is 2.24. The van der Waals surface area contributed by atoms with Crippen molar-refractivity contribution in [1.82, 2.24) is 0 Å². The summed E-state index contributed by atoms with van der Waals surface area (Å²) in [7, 11) is 0. The van der Waals surface area contributed by atoms with Crippen molar-refractivity contribution in [2.24, 2.45) is 11.3 Å². The van der Waals surface area contributed by atoms with Crippen LogP contribution in [0.2, 0.25) is 0 Å². The minimum absolute atomic E-state index is 0.185. The Balaban J connectivity index is 3.97. The van der Waals surface area contributed by atoms with E-state index in [2.05, 4.69) is 32.9 Å². The Hall–Kier alpha value is -0.770. The van der Waals surface area contributed by atoms with Gasteiger partial charge in [0.05, 0.1) is 11.5 Å². The van der Waals surface area contributed by atoms with Gasteiger partial charge in [0, 0.05) is 0 Å². The molecule has 0 fully saturated rings. The van der Waals surface area contributed by atoms with Crippen LogP contribution in [-0.4, -0.2) is 0 Å². The zero-order valence-electron chi connectivity index (χ0n) is 9.52. The van der Waals surface area contributed by atoms with Gasteiger partial charge in [0.1, 0.15) is 0 Å². The molecule has 13 heavy (non-hydrogen) atoms. The Kier molecular flexibility index (Phi) is 4.77. The molecule has 0 aromatic rings. The van der Waals surface area contributed by atoms with Crippen molar-refractivity contribution in [2.75, 3.05) is 0 Å². The van der Waals surface area contributed by atoms with Gasteiger partial charge in [-0.15, -0.1) is 0 Å². The van der Waals surface area contributed by atoms with Crippen LogP contribution in [0, 0.1) is 22.7 Å². The molecule has 0 amide bonds. The molecule has 0 aliphatic carbocycles. The van der Waals surface area contributed by atoms with Crippen molar-refractivity contribution in [2.45, 2.75) is 47.5 Å². The van der Waals surface area contributed by atoms with Crippen LogP contribution in [-0.2, 0) is 0 Å². The van der Waals surface area contributed by atoms with Crippen LogP contribution >= 0.6 is 0 Å². The number of hydrogen-bond acceptors (Lipinski definition) is 1. The van der Waals surface area contributed by atoms with E-state index < -0.39 is 0 Å². The van der Waals surface area contributed by atoms with Gasteiger partial charge in [0.15, 0.2) is 0 Å². The molecule has 1 heteroatoms. The number of rotatable bonds is 4. The van der Waals surface area contributed by atoms with Crippen molar-refractivity contribution in [3.8, 4) is 6.07 Å². The highest BCUT2D eigenvalue weighted by atomic mass is 14.4. The third-order valence-electron chi connectivity index (χ3n) is 2.67. The lowest BCUT2D eigenvalue weighted by Crippen LogP contribution is -2.18. The SMILES string of the molecule is CC(C)=CCC[C@@H](C)C(C)(C)C#N. The van der Waals surface area contributed by atoms with Gasteiger partial charge in [-0.2, -0.15) is 5.26 Å². The first-order valence-electron chi connectivity index (χ1n) is 4.94. The van der Waals surface area contributed by atoms with E-state index in [-0.39, 0.29) is 5.41 Å². The number of allylic oxidation sites excluding steroid dienone is 2. The van der Waals surface area contributed by atoms with Gasteiger partial charge in [-0.05, 0) is 46.5 Å². The molecule has 1 nitrogen and oxygen atoms in total. The molecule has 0 saturated heterocycles. The van der Waals surface area contributed by atoms with Crippen LogP contribution in [0.25, 0.3) is 0 Å². The summed E-state index contributed by atoms with van der Waals surface area (Å²) in [5.74, 6) is 0.466. The monoisotopic (exact) mass is 179 g/mol. The Bertz CT molecular complexity index is 214. The molecule has 0 heterocycles. The van der Waals surface area contributed by atoms with Gasteiger partial charge in [0.2, 0.25) is 0 Å². The molecule has 0 radical (unpaired) electrons. The number of nitrogens with zero attached hydrogens (tertiary/aromatic N) is 1. The number of nitriles is 1. The summed E-state index contributed by atoms with van der Waals surface area (Å²) in [5, 5.41) is 8.91. The molecular weight excluding hydrogens is 158 g/mol. The molecule has 74 valence electrons. The van der Waals surface area contributed by atoms with E-state index in [9.17, 15) is 0 Å². The molecule has 0 aromatic carbocycles. The fraction of sp³-hybridized carbons (Fsp3) is 0.750. The molecule has 0 unspecified atom stereocenters. The summed E-state index contributed by atoms with van der Waals surface area (Å²) < 4.78 is 0. The number of hydrogen-bond donors (Lipinski definition) is 0. The van der Waals surface area contributed by atoms with E-state index in [0.29, 0.717) is 5.92 Å². The summed E-state index contributed by atoms with van der Waals surface area (Å²) in [4.78, 5) is 0. The Morgan fingerprint density at radius 2 is 2.00 bits per heavy atom. The van der Waals surface area contributed by atoms with E-state index in [0.717, 1.165) is 12.8 Å². The van der Waals surface area contributed by atoms with Crippen molar-refractivity contribution < 1.29 is 0 Å². The predicted octanol–water partition coefficient (Wildman–Crippen LogP) is 3.92. The molecule has 0 spiro atoms. The third kappa shape index (κ3) is 4.72. The van der Waals surface area contributed by atoms with Gasteiger partial charge in [-0.25, -0.2) is 0 Å². The average Bonchev–Trinajstić information content (AvgIpc) is 2.03. The van der Waals surface area contributed by atoms with Crippen LogP contribution in [0.15, 0.2) is 11.6 Å². The maximum Gasteiger partial charge on any atom is 0.0686 e. The summed E-state index contributed by atoms with van der Waals surface area (Å²) in [5.41, 5.74) is 1.18. The smallest absolute Gasteiger partial charge is 0.0686 e. The maximum absolute atomic E-state index is 8.91. The molecular formula is C12H21N. The second kappa shape index (κ2) is 5.07. The fourth-order valence-corrected chi connectivity index (χ4v) is 1.09. The van der Waals surface area contributed by atoms with E-state index in [1.165, 1.54) is 5.57 Å². The van der Waals surface area contributed by atoms with Crippen LogP contribution in [0.5, 0.6) is 0 Å². The lowest BCUT2D eigenvalue weighted by atomic mass is 9.79. The average molecular weight is 179 g/mol. The van der Waals surface area contributed by atoms with Gasteiger partial charge in [0.25, 0.3) is 0 Å². The first kappa shape index (κ1) is 12.2. The van der Waals surface area contributed by atoms with Crippen molar-refractivity contribution in [3.63, 3.8) is 0 Å². The highest BCUT2D eigenvalue weighted by molar-refractivity contribution is 4.97. The third-order valence-corrected chi connectivity index (χ3v) is 2.67. The van der Waals surface area contributed by atoms with Crippen molar-refractivity contribution in [3.05, 3.63) is 11.6 Å². The van der Waals surface area contributed by atoms with Crippen LogP contribution < -0.4 is 0 Å². The largest absolute Gasteiger partial charge is 0.198 e. The lowest BCUT2D eigenvalue weighted by Gasteiger charge is -2.23. The van der Waals surface area contributed by atoms with Crippen LogP contribution in [0.4, 0.5) is 0 Å². The van der Waals surface area contributed by atoms with E-state index >= 15 is 0 Å². The minimum Gasteiger partial charge on any atom is -0.198 e. The van der Waals surface area contributed by atoms with E-state index in [1.807, 2.05) is 13.8 Å². The second-order valence-corrected chi connectivity index (χ2v) is 4.59. The van der Waals surface area contributed by atoms with Crippen molar-refractivity contribution >= 4 is 0 Å². The van der Waals surface area contributed by atoms with Crippen LogP contribution in [0.1, 0.15) is 47.5 Å². The lowest BCUT2D eigenvalue weighted by molar-refractivity contribution is 0.301. The zero-order chi connectivity index (χ0) is 10.5. The predicted molar refractivity (Wildman–Crippen MR) is 57.2 cm³/mol. The summed E-state index contributed by atoms with van der Waals surface area (Å²) >= 11 is 0. The fourth-order valence-electron chi connectivity index (χ4n) is 1.09. The zero-order valence-corrected chi connectivity index (χ0v) is 9.52. The van der Waals surface area contributed by atoms with Crippen LogP contribution in [0.3, 0.4) is 0 Å². The second-order valence-electron chi connectivity index (χ2n) is 4.59. The molecule has 0 aromatic heterocycles. The van der Waals surface area contributed by atoms with Gasteiger partial charge >= 0.3 is 0 Å². The van der Waals surface area contributed by atoms with E-state index in [4.69, 9.17) is 5.26 Å². The molecule has 0 aliphatic heterocycles. The molecule has 0 bridgehead atoms. The standard InChI is InChI=1S/C12H21N/c1-10(2)7-6-8-11(3)12(4,5)9-13/h7,11H,6,8H2,1-5H3/t11-/m1/s1. The van der Waals surface area contributed by atoms with Gasteiger partial charge in [-0.1, -0.05) is 18.6 Å². The molecule has 0 aliphatic rings. The molecule has 0 N–H and O–H groups in total. The molecule has 0 saturated carbocycles.